The van der Waals surface area contributed by atoms with Crippen molar-refractivity contribution < 1.29 is 4.79 Å². The standard InChI is InChI=1S/C9H10N2OS/c12-9(7-3-4-7)11-10-6-8-2-1-5-13-8/h1-2,5-7H,3-4H2,(H,11,12)/b10-6+. The Hall–Kier alpha value is -1.16. The second-order valence-corrected chi connectivity index (χ2v) is 4.00. The van der Waals surface area contributed by atoms with E-state index in [4.69, 9.17) is 0 Å². The lowest BCUT2D eigenvalue weighted by atomic mass is 10.4. The topological polar surface area (TPSA) is 41.5 Å². The van der Waals surface area contributed by atoms with E-state index in [-0.39, 0.29) is 11.8 Å². The van der Waals surface area contributed by atoms with Gasteiger partial charge in [0.15, 0.2) is 0 Å². The maximum absolute atomic E-state index is 11.1. The molecule has 3 nitrogen and oxygen atoms in total. The summed E-state index contributed by atoms with van der Waals surface area (Å²) < 4.78 is 0. The molecule has 0 aromatic carbocycles. The Morgan fingerprint density at radius 1 is 1.69 bits per heavy atom. The lowest BCUT2D eigenvalue weighted by molar-refractivity contribution is -0.122. The molecule has 68 valence electrons. The summed E-state index contributed by atoms with van der Waals surface area (Å²) in [5, 5.41) is 5.84. The highest BCUT2D eigenvalue weighted by Gasteiger charge is 2.29. The lowest BCUT2D eigenvalue weighted by Crippen LogP contribution is -2.18. The molecule has 1 aliphatic rings. The number of nitrogens with one attached hydrogen (secondary N) is 1. The van der Waals surface area contributed by atoms with E-state index in [1.54, 1.807) is 17.6 Å². The van der Waals surface area contributed by atoms with Crippen LogP contribution in [-0.4, -0.2) is 12.1 Å². The van der Waals surface area contributed by atoms with Crippen LogP contribution in [0, 0.1) is 5.92 Å². The first-order valence-electron chi connectivity index (χ1n) is 4.22. The third-order valence-electron chi connectivity index (χ3n) is 1.86. The van der Waals surface area contributed by atoms with E-state index in [9.17, 15) is 4.79 Å². The molecule has 1 N–H and O–H groups in total. The summed E-state index contributed by atoms with van der Waals surface area (Å²) in [6, 6.07) is 3.91. The zero-order valence-corrected chi connectivity index (χ0v) is 7.88. The predicted molar refractivity (Wildman–Crippen MR) is 52.8 cm³/mol. The molecule has 0 aliphatic heterocycles. The third-order valence-corrected chi connectivity index (χ3v) is 2.66. The van der Waals surface area contributed by atoms with Gasteiger partial charge in [-0.15, -0.1) is 11.3 Å². The van der Waals surface area contributed by atoms with Crippen LogP contribution in [0.4, 0.5) is 0 Å². The summed E-state index contributed by atoms with van der Waals surface area (Å²) >= 11 is 1.60. The van der Waals surface area contributed by atoms with E-state index >= 15 is 0 Å². The maximum atomic E-state index is 11.1. The summed E-state index contributed by atoms with van der Waals surface area (Å²) in [5.41, 5.74) is 2.52. The van der Waals surface area contributed by atoms with Crippen molar-refractivity contribution in [2.75, 3.05) is 0 Å². The second kappa shape index (κ2) is 3.70. The van der Waals surface area contributed by atoms with Crippen molar-refractivity contribution in [3.8, 4) is 0 Å². The summed E-state index contributed by atoms with van der Waals surface area (Å²) in [4.78, 5) is 12.2. The van der Waals surface area contributed by atoms with Gasteiger partial charge >= 0.3 is 0 Å². The van der Waals surface area contributed by atoms with Crippen LogP contribution in [0.15, 0.2) is 22.6 Å². The van der Waals surface area contributed by atoms with Gasteiger partial charge in [-0.2, -0.15) is 5.10 Å². The molecular formula is C9H10N2OS. The van der Waals surface area contributed by atoms with Crippen LogP contribution in [-0.2, 0) is 4.79 Å². The van der Waals surface area contributed by atoms with Gasteiger partial charge in [-0.25, -0.2) is 5.43 Å². The average Bonchev–Trinajstić information content (AvgIpc) is 2.86. The summed E-state index contributed by atoms with van der Waals surface area (Å²) in [5.74, 6) is 0.272. The monoisotopic (exact) mass is 194 g/mol. The number of thiophene rings is 1. The molecule has 0 bridgehead atoms. The number of amides is 1. The molecule has 13 heavy (non-hydrogen) atoms. The van der Waals surface area contributed by atoms with Crippen molar-refractivity contribution in [3.63, 3.8) is 0 Å². The molecule has 1 aromatic rings. The SMILES string of the molecule is O=C(N/N=C/c1cccs1)C1CC1. The van der Waals surface area contributed by atoms with Gasteiger partial charge in [0, 0.05) is 10.8 Å². The van der Waals surface area contributed by atoms with Gasteiger partial charge in [-0.3, -0.25) is 4.79 Å². The molecule has 1 aliphatic carbocycles. The molecular weight excluding hydrogens is 184 g/mol. The van der Waals surface area contributed by atoms with Crippen LogP contribution in [0.1, 0.15) is 17.7 Å². The van der Waals surface area contributed by atoms with Gasteiger partial charge in [-0.05, 0) is 24.3 Å². The van der Waals surface area contributed by atoms with Crippen molar-refractivity contribution >= 4 is 23.5 Å². The Labute approximate surface area is 80.5 Å². The van der Waals surface area contributed by atoms with Gasteiger partial charge in [0.2, 0.25) is 5.91 Å². The van der Waals surface area contributed by atoms with Gasteiger partial charge in [-0.1, -0.05) is 6.07 Å². The van der Waals surface area contributed by atoms with Gasteiger partial charge in [0.1, 0.15) is 0 Å². The largest absolute Gasteiger partial charge is 0.273 e. The van der Waals surface area contributed by atoms with Crippen LogP contribution in [0.25, 0.3) is 0 Å². The Kier molecular flexibility index (Phi) is 2.40. The first kappa shape index (κ1) is 8.44. The Bertz CT molecular complexity index is 314. The number of rotatable bonds is 3. The molecule has 1 amide bonds. The van der Waals surface area contributed by atoms with Gasteiger partial charge in [0.05, 0.1) is 6.21 Å². The van der Waals surface area contributed by atoms with Crippen molar-refractivity contribution in [1.82, 2.24) is 5.43 Å². The van der Waals surface area contributed by atoms with Crippen LogP contribution in [0.3, 0.4) is 0 Å². The molecule has 1 saturated carbocycles. The summed E-state index contributed by atoms with van der Waals surface area (Å²) in [6.45, 7) is 0. The molecule has 2 rings (SSSR count). The second-order valence-electron chi connectivity index (χ2n) is 3.02. The molecule has 4 heteroatoms. The molecule has 0 unspecified atom stereocenters. The first-order valence-corrected chi connectivity index (χ1v) is 5.10. The minimum absolute atomic E-state index is 0.0489. The molecule has 1 aromatic heterocycles. The Balaban J connectivity index is 1.81. The average molecular weight is 194 g/mol. The van der Waals surface area contributed by atoms with Gasteiger partial charge < -0.3 is 0 Å². The third kappa shape index (κ3) is 2.39. The van der Waals surface area contributed by atoms with Crippen molar-refractivity contribution in [3.05, 3.63) is 22.4 Å². The fraction of sp³-hybridized carbons (Fsp3) is 0.333. The highest BCUT2D eigenvalue weighted by atomic mass is 32.1. The fourth-order valence-electron chi connectivity index (χ4n) is 0.961. The van der Waals surface area contributed by atoms with E-state index < -0.39 is 0 Å². The summed E-state index contributed by atoms with van der Waals surface area (Å²) in [6.07, 6.45) is 3.70. The van der Waals surface area contributed by atoms with Crippen LogP contribution in [0.5, 0.6) is 0 Å². The number of hydrazone groups is 1. The van der Waals surface area contributed by atoms with Crippen molar-refractivity contribution in [2.24, 2.45) is 11.0 Å². The lowest BCUT2D eigenvalue weighted by Gasteiger charge is -1.93. The zero-order chi connectivity index (χ0) is 9.10. The van der Waals surface area contributed by atoms with E-state index in [1.807, 2.05) is 17.5 Å². The smallest absolute Gasteiger partial charge is 0.243 e. The number of nitrogens with zero attached hydrogens (tertiary/aromatic N) is 1. The van der Waals surface area contributed by atoms with Crippen LogP contribution < -0.4 is 5.43 Å². The normalized spacial score (nSPS) is 16.3. The van der Waals surface area contributed by atoms with Gasteiger partial charge in [0.25, 0.3) is 0 Å². The first-order chi connectivity index (χ1) is 6.36. The van der Waals surface area contributed by atoms with Crippen LogP contribution >= 0.6 is 11.3 Å². The minimum Gasteiger partial charge on any atom is -0.273 e. The molecule has 0 spiro atoms. The van der Waals surface area contributed by atoms with E-state index in [0.717, 1.165) is 17.7 Å². The zero-order valence-electron chi connectivity index (χ0n) is 7.06. The highest BCUT2D eigenvalue weighted by molar-refractivity contribution is 7.11. The number of carbonyl (C=O) groups is 1. The molecule has 0 radical (unpaired) electrons. The molecule has 0 saturated heterocycles. The van der Waals surface area contributed by atoms with E-state index in [2.05, 4.69) is 10.5 Å². The van der Waals surface area contributed by atoms with Crippen LogP contribution in [0.2, 0.25) is 0 Å². The van der Waals surface area contributed by atoms with Crippen molar-refractivity contribution in [1.29, 1.82) is 0 Å². The van der Waals surface area contributed by atoms with E-state index in [1.165, 1.54) is 0 Å². The highest BCUT2D eigenvalue weighted by Crippen LogP contribution is 2.28. The number of hydrogen-bond acceptors (Lipinski definition) is 3. The van der Waals surface area contributed by atoms with E-state index in [0.29, 0.717) is 0 Å². The summed E-state index contributed by atoms with van der Waals surface area (Å²) in [7, 11) is 0. The minimum atomic E-state index is 0.0489. The Morgan fingerprint density at radius 3 is 3.15 bits per heavy atom. The quantitative estimate of drug-likeness (QED) is 0.576. The number of carbonyl (C=O) groups excluding carboxylic acids is 1. The number of hydrogen-bond donors (Lipinski definition) is 1. The maximum Gasteiger partial charge on any atom is 0.243 e. The fourth-order valence-corrected chi connectivity index (χ4v) is 1.55. The molecule has 0 atom stereocenters. The predicted octanol–water partition coefficient (Wildman–Crippen LogP) is 1.61. The molecule has 1 heterocycles. The van der Waals surface area contributed by atoms with Crippen molar-refractivity contribution in [2.45, 2.75) is 12.8 Å². The Morgan fingerprint density at radius 2 is 2.54 bits per heavy atom. The molecule has 1 fully saturated rings.